The Balaban J connectivity index is 1.91. The highest BCUT2D eigenvalue weighted by Crippen LogP contribution is 2.22. The van der Waals surface area contributed by atoms with Crippen LogP contribution < -0.4 is 10.2 Å². The molecule has 8 heteroatoms. The molecular weight excluding hydrogens is 360 g/mol. The molecule has 1 fully saturated rings. The van der Waals surface area contributed by atoms with Crippen LogP contribution in [0.2, 0.25) is 0 Å². The number of aldehydes is 1. The Morgan fingerprint density at radius 2 is 1.93 bits per heavy atom. The van der Waals surface area contributed by atoms with Crippen LogP contribution in [0.5, 0.6) is 0 Å². The molecule has 1 atom stereocenters. The summed E-state index contributed by atoms with van der Waals surface area (Å²) in [5.74, 6) is 0.380. The number of nitrogens with zero attached hydrogens (tertiary/aromatic N) is 3. The maximum atomic E-state index is 12.1. The fourth-order valence-corrected chi connectivity index (χ4v) is 2.97. The van der Waals surface area contributed by atoms with Crippen molar-refractivity contribution in [1.29, 1.82) is 0 Å². The Hall–Kier alpha value is -2.64. The zero-order valence-electron chi connectivity index (χ0n) is 17.1. The van der Waals surface area contributed by atoms with Crippen LogP contribution in [-0.4, -0.2) is 67.0 Å². The topological polar surface area (TPSA) is 91.8 Å². The Morgan fingerprint density at radius 1 is 1.25 bits per heavy atom. The number of anilines is 1. The average molecular weight is 390 g/mol. The predicted molar refractivity (Wildman–Crippen MR) is 106 cm³/mol. The van der Waals surface area contributed by atoms with Gasteiger partial charge < -0.3 is 24.6 Å². The van der Waals surface area contributed by atoms with E-state index in [9.17, 15) is 14.4 Å². The van der Waals surface area contributed by atoms with Crippen LogP contribution in [0.4, 0.5) is 10.6 Å². The van der Waals surface area contributed by atoms with Gasteiger partial charge in [-0.2, -0.15) is 0 Å². The first-order chi connectivity index (χ1) is 13.2. The Labute approximate surface area is 166 Å². The summed E-state index contributed by atoms with van der Waals surface area (Å²) in [5, 5.41) is 2.56. The van der Waals surface area contributed by atoms with Gasteiger partial charge in [0.15, 0.2) is 0 Å². The van der Waals surface area contributed by atoms with Crippen LogP contribution in [0.1, 0.15) is 45.1 Å². The first-order valence-electron chi connectivity index (χ1n) is 9.58. The minimum absolute atomic E-state index is 0.0840. The third-order valence-electron chi connectivity index (χ3n) is 4.58. The van der Waals surface area contributed by atoms with E-state index in [-0.39, 0.29) is 17.9 Å². The van der Waals surface area contributed by atoms with E-state index < -0.39 is 5.60 Å². The quantitative estimate of drug-likeness (QED) is 0.747. The highest BCUT2D eigenvalue weighted by molar-refractivity contribution is 5.76. The second-order valence-electron chi connectivity index (χ2n) is 7.86. The molecule has 0 aliphatic carbocycles. The molecule has 0 saturated carbocycles. The number of carbonyl (C=O) groups is 3. The fraction of sp³-hybridized carbons (Fsp3) is 0.600. The van der Waals surface area contributed by atoms with Crippen molar-refractivity contribution in [3.63, 3.8) is 0 Å². The van der Waals surface area contributed by atoms with Crippen LogP contribution >= 0.6 is 0 Å². The molecule has 154 valence electrons. The first kappa shape index (κ1) is 21.7. The van der Waals surface area contributed by atoms with Gasteiger partial charge in [-0.15, -0.1) is 0 Å². The minimum atomic E-state index is -0.501. The van der Waals surface area contributed by atoms with Gasteiger partial charge >= 0.3 is 6.09 Å². The van der Waals surface area contributed by atoms with Crippen molar-refractivity contribution in [3.05, 3.63) is 23.9 Å². The summed E-state index contributed by atoms with van der Waals surface area (Å²) >= 11 is 0. The van der Waals surface area contributed by atoms with Gasteiger partial charge in [-0.1, -0.05) is 6.07 Å². The van der Waals surface area contributed by atoms with Gasteiger partial charge in [-0.05, 0) is 38.8 Å². The van der Waals surface area contributed by atoms with Crippen molar-refractivity contribution in [1.82, 2.24) is 15.2 Å². The number of hydrogen-bond acceptors (Lipinski definition) is 6. The summed E-state index contributed by atoms with van der Waals surface area (Å²) < 4.78 is 5.41. The molecular formula is C20H30N4O4. The van der Waals surface area contributed by atoms with Gasteiger partial charge in [0.05, 0.1) is 0 Å². The number of amides is 2. The molecule has 0 bridgehead atoms. The average Bonchev–Trinajstić information content (AvgIpc) is 2.67. The Kier molecular flexibility index (Phi) is 7.37. The van der Waals surface area contributed by atoms with E-state index in [0.717, 1.165) is 17.7 Å². The zero-order valence-corrected chi connectivity index (χ0v) is 17.1. The van der Waals surface area contributed by atoms with Crippen LogP contribution in [0.25, 0.3) is 0 Å². The molecule has 0 spiro atoms. The van der Waals surface area contributed by atoms with Crippen molar-refractivity contribution in [3.8, 4) is 0 Å². The van der Waals surface area contributed by atoms with Crippen molar-refractivity contribution >= 4 is 24.1 Å². The third kappa shape index (κ3) is 6.21. The van der Waals surface area contributed by atoms with Gasteiger partial charge in [-0.3, -0.25) is 4.79 Å². The molecule has 0 aromatic carbocycles. The van der Waals surface area contributed by atoms with E-state index >= 15 is 0 Å². The van der Waals surface area contributed by atoms with E-state index in [1.807, 2.05) is 32.9 Å². The summed E-state index contributed by atoms with van der Waals surface area (Å²) in [7, 11) is 1.58. The Bertz CT molecular complexity index is 676. The predicted octanol–water partition coefficient (Wildman–Crippen LogP) is 1.95. The van der Waals surface area contributed by atoms with Gasteiger partial charge in [0, 0.05) is 51.8 Å². The molecule has 1 unspecified atom stereocenters. The number of piperazine rings is 1. The number of rotatable bonds is 6. The number of hydrogen-bond donors (Lipinski definition) is 1. The van der Waals surface area contributed by atoms with Crippen molar-refractivity contribution in [2.45, 2.75) is 45.1 Å². The lowest BCUT2D eigenvalue weighted by atomic mass is 9.97. The molecule has 2 rings (SSSR count). The van der Waals surface area contributed by atoms with Crippen LogP contribution in [0.3, 0.4) is 0 Å². The zero-order chi connectivity index (χ0) is 20.7. The van der Waals surface area contributed by atoms with Gasteiger partial charge in [0.2, 0.25) is 5.91 Å². The van der Waals surface area contributed by atoms with Crippen LogP contribution in [0, 0.1) is 0 Å². The van der Waals surface area contributed by atoms with Gasteiger partial charge in [0.1, 0.15) is 17.7 Å². The lowest BCUT2D eigenvalue weighted by Gasteiger charge is -2.36. The molecule has 8 nitrogen and oxygen atoms in total. The first-order valence-corrected chi connectivity index (χ1v) is 9.58. The molecule has 1 aromatic heterocycles. The summed E-state index contributed by atoms with van der Waals surface area (Å²) in [6.45, 7) is 8.04. The van der Waals surface area contributed by atoms with Crippen molar-refractivity contribution < 1.29 is 19.1 Å². The summed E-state index contributed by atoms with van der Waals surface area (Å²) in [5.41, 5.74) is 0.300. The molecule has 28 heavy (non-hydrogen) atoms. The van der Waals surface area contributed by atoms with Gasteiger partial charge in [-0.25, -0.2) is 9.78 Å². The number of aromatic nitrogens is 1. The molecule has 1 N–H and O–H groups in total. The monoisotopic (exact) mass is 390 g/mol. The van der Waals surface area contributed by atoms with Gasteiger partial charge in [0.25, 0.3) is 0 Å². The maximum absolute atomic E-state index is 12.1. The number of ether oxygens (including phenoxy) is 1. The maximum Gasteiger partial charge on any atom is 0.410 e. The summed E-state index contributed by atoms with van der Waals surface area (Å²) in [6.07, 6.45) is 3.02. The second-order valence-corrected chi connectivity index (χ2v) is 7.86. The molecule has 2 heterocycles. The van der Waals surface area contributed by atoms with Crippen LogP contribution in [-0.2, 0) is 14.3 Å². The lowest BCUT2D eigenvalue weighted by molar-refractivity contribution is -0.120. The SMILES string of the molecule is CNC(=O)CCC(C=O)c1ccc(N2CCN(C(=O)OC(C)(C)C)CC2)nc1. The van der Waals surface area contributed by atoms with E-state index in [4.69, 9.17) is 4.74 Å². The van der Waals surface area contributed by atoms with E-state index in [2.05, 4.69) is 15.2 Å². The largest absolute Gasteiger partial charge is 0.444 e. The molecule has 1 aromatic rings. The fourth-order valence-electron chi connectivity index (χ4n) is 2.97. The molecule has 1 aliphatic rings. The molecule has 2 amide bonds. The smallest absolute Gasteiger partial charge is 0.410 e. The second kappa shape index (κ2) is 9.52. The van der Waals surface area contributed by atoms with E-state index in [1.165, 1.54) is 0 Å². The van der Waals surface area contributed by atoms with E-state index in [1.54, 1.807) is 18.1 Å². The summed E-state index contributed by atoms with van der Waals surface area (Å²) in [6, 6.07) is 3.76. The highest BCUT2D eigenvalue weighted by atomic mass is 16.6. The Morgan fingerprint density at radius 3 is 2.43 bits per heavy atom. The minimum Gasteiger partial charge on any atom is -0.444 e. The van der Waals surface area contributed by atoms with Crippen molar-refractivity contribution in [2.24, 2.45) is 0 Å². The third-order valence-corrected chi connectivity index (χ3v) is 4.58. The number of nitrogens with one attached hydrogen (secondary N) is 1. The molecule has 1 aliphatic heterocycles. The normalized spacial score (nSPS) is 15.7. The van der Waals surface area contributed by atoms with Crippen LogP contribution in [0.15, 0.2) is 18.3 Å². The lowest BCUT2D eigenvalue weighted by Crippen LogP contribution is -2.50. The molecule has 0 radical (unpaired) electrons. The molecule has 1 saturated heterocycles. The number of pyridine rings is 1. The summed E-state index contributed by atoms with van der Waals surface area (Å²) in [4.78, 5) is 43.2. The van der Waals surface area contributed by atoms with E-state index in [0.29, 0.717) is 39.0 Å². The standard InChI is InChI=1S/C20H30N4O4/c1-20(2,3)28-19(27)24-11-9-23(10-12-24)17-7-5-15(13-22-17)16(14-25)6-8-18(26)21-4/h5,7,13-14,16H,6,8-12H2,1-4H3,(H,21,26). The highest BCUT2D eigenvalue weighted by Gasteiger charge is 2.26. The van der Waals surface area contributed by atoms with Crippen molar-refractivity contribution in [2.75, 3.05) is 38.1 Å². The number of carbonyl (C=O) groups excluding carboxylic acids is 3.